The predicted octanol–water partition coefficient (Wildman–Crippen LogP) is 0.102. The van der Waals surface area contributed by atoms with Crippen molar-refractivity contribution in [3.05, 3.63) is 93.5 Å². The molecule has 0 radical (unpaired) electrons. The summed E-state index contributed by atoms with van der Waals surface area (Å²) < 4.78 is 6.61. The van der Waals surface area contributed by atoms with E-state index in [0.29, 0.717) is 0 Å². The first-order valence-electron chi connectivity index (χ1n) is 10.3. The highest BCUT2D eigenvalue weighted by Crippen LogP contribution is 2.49. The molecule has 12 nitrogen and oxygen atoms in total. The molecule has 0 saturated carbocycles. The van der Waals surface area contributed by atoms with Crippen LogP contribution in [0.2, 0.25) is 0 Å². The predicted molar refractivity (Wildman–Crippen MR) is 118 cm³/mol. The third-order valence-electron chi connectivity index (χ3n) is 5.95. The zero-order chi connectivity index (χ0) is 25.5. The zero-order valence-corrected chi connectivity index (χ0v) is 17.9. The van der Waals surface area contributed by atoms with Crippen LogP contribution in [0, 0.1) is 0 Å². The third kappa shape index (κ3) is 3.94. The monoisotopic (exact) mass is 483 g/mol. The molecule has 0 bridgehead atoms. The van der Waals surface area contributed by atoms with Crippen molar-refractivity contribution < 1.29 is 39.9 Å². The summed E-state index contributed by atoms with van der Waals surface area (Å²) >= 11 is 0. The number of anilines is 1. The summed E-state index contributed by atoms with van der Waals surface area (Å²) in [4.78, 5) is 39.7. The number of aliphatic hydroxyl groups is 3. The molecule has 0 amide bonds. The molecule has 12 heteroatoms. The molecule has 1 saturated heterocycles. The van der Waals surface area contributed by atoms with E-state index in [1.54, 1.807) is 0 Å². The number of hydrogen-bond donors (Lipinski definition) is 6. The summed E-state index contributed by atoms with van der Waals surface area (Å²) in [7, 11) is 0. The van der Waals surface area contributed by atoms with E-state index < -0.39 is 53.3 Å². The second-order valence-corrected chi connectivity index (χ2v) is 7.95. The molecule has 1 unspecified atom stereocenters. The first-order valence-corrected chi connectivity index (χ1v) is 10.3. The molecule has 1 aliphatic rings. The average Bonchev–Trinajstić information content (AvgIpc) is 3.10. The highest BCUT2D eigenvalue weighted by molar-refractivity contribution is 5.90. The number of aromatic nitrogens is 2. The number of carbonyl (C=O) groups is 2. The van der Waals surface area contributed by atoms with Crippen LogP contribution < -0.4 is 11.4 Å². The first-order chi connectivity index (χ1) is 16.6. The van der Waals surface area contributed by atoms with Gasteiger partial charge in [0.15, 0.2) is 6.23 Å². The van der Waals surface area contributed by atoms with E-state index in [0.717, 1.165) is 10.8 Å². The molecule has 2 aromatic carbocycles. The molecule has 4 rings (SSSR count). The lowest BCUT2D eigenvalue weighted by molar-refractivity contribution is -0.129. The normalized spacial score (nSPS) is 24.7. The SMILES string of the molecule is Nc1ccn([C@@H]2O[C@H](C(O)c3ccccc3C(=O)O)[C@](O)(c3ccccc3C(=O)O)[C@H]2O)c(=O)n1. The largest absolute Gasteiger partial charge is 0.478 e. The van der Waals surface area contributed by atoms with E-state index in [2.05, 4.69) is 4.98 Å². The molecule has 5 atom stereocenters. The van der Waals surface area contributed by atoms with Gasteiger partial charge in [-0.25, -0.2) is 14.4 Å². The van der Waals surface area contributed by atoms with Gasteiger partial charge in [-0.05, 0) is 23.8 Å². The van der Waals surface area contributed by atoms with E-state index >= 15 is 0 Å². The summed E-state index contributed by atoms with van der Waals surface area (Å²) in [5.74, 6) is -2.92. The molecule has 0 spiro atoms. The molecule has 0 aliphatic carbocycles. The van der Waals surface area contributed by atoms with Gasteiger partial charge in [0.2, 0.25) is 0 Å². The fourth-order valence-corrected chi connectivity index (χ4v) is 4.31. The lowest BCUT2D eigenvalue weighted by Crippen LogP contribution is -2.48. The molecule has 1 fully saturated rings. The van der Waals surface area contributed by atoms with E-state index in [1.807, 2.05) is 0 Å². The molecular formula is C23H21N3O9. The molecule has 35 heavy (non-hydrogen) atoms. The highest BCUT2D eigenvalue weighted by Gasteiger charge is 2.61. The van der Waals surface area contributed by atoms with E-state index in [4.69, 9.17) is 10.5 Å². The summed E-state index contributed by atoms with van der Waals surface area (Å²) in [5, 5.41) is 53.6. The summed E-state index contributed by atoms with van der Waals surface area (Å²) in [6, 6.07) is 11.9. The lowest BCUT2D eigenvalue weighted by atomic mass is 9.78. The number of hydrogen-bond acceptors (Lipinski definition) is 9. The van der Waals surface area contributed by atoms with E-state index in [1.165, 1.54) is 54.6 Å². The van der Waals surface area contributed by atoms with Gasteiger partial charge >= 0.3 is 17.6 Å². The second-order valence-electron chi connectivity index (χ2n) is 7.95. The van der Waals surface area contributed by atoms with Crippen LogP contribution in [-0.4, -0.2) is 59.2 Å². The Morgan fingerprint density at radius 3 is 2.26 bits per heavy atom. The number of ether oxygens (including phenoxy) is 1. The average molecular weight is 483 g/mol. The van der Waals surface area contributed by atoms with Gasteiger partial charge in [0.25, 0.3) is 0 Å². The second kappa shape index (κ2) is 8.92. The minimum Gasteiger partial charge on any atom is -0.478 e. The number of carboxylic acids is 2. The van der Waals surface area contributed by atoms with Gasteiger partial charge in [-0.15, -0.1) is 0 Å². The summed E-state index contributed by atoms with van der Waals surface area (Å²) in [6.45, 7) is 0. The fraction of sp³-hybridized carbons (Fsp3) is 0.217. The van der Waals surface area contributed by atoms with Gasteiger partial charge in [0, 0.05) is 11.8 Å². The maximum Gasteiger partial charge on any atom is 0.351 e. The number of rotatable bonds is 6. The summed E-state index contributed by atoms with van der Waals surface area (Å²) in [6.07, 6.45) is -6.16. The highest BCUT2D eigenvalue weighted by atomic mass is 16.6. The Labute approximate surface area is 197 Å². The molecular weight excluding hydrogens is 462 g/mol. The van der Waals surface area contributed by atoms with Crippen molar-refractivity contribution in [2.75, 3.05) is 5.73 Å². The van der Waals surface area contributed by atoms with Crippen molar-refractivity contribution in [1.82, 2.24) is 9.55 Å². The number of aromatic carboxylic acids is 2. The van der Waals surface area contributed by atoms with Crippen LogP contribution in [0.5, 0.6) is 0 Å². The standard InChI is InChI=1S/C23H21N3O9/c24-15-9-10-26(22(33)25-15)19-17(28)23(34,14-8-4-3-7-13(14)21(31)32)18(35-19)16(27)11-5-1-2-6-12(11)20(29)30/h1-10,16-19,27-28,34H,(H,29,30)(H,31,32)(H2,24,25,33)/t16?,17-,18+,19+,23-/m0/s1. The van der Waals surface area contributed by atoms with Crippen molar-refractivity contribution in [1.29, 1.82) is 0 Å². The van der Waals surface area contributed by atoms with Gasteiger partial charge in [0.1, 0.15) is 29.7 Å². The number of aliphatic hydroxyl groups excluding tert-OH is 2. The number of nitrogen functional groups attached to an aromatic ring is 1. The Morgan fingerprint density at radius 2 is 1.63 bits per heavy atom. The third-order valence-corrected chi connectivity index (χ3v) is 5.95. The minimum absolute atomic E-state index is 0.114. The van der Waals surface area contributed by atoms with Gasteiger partial charge in [-0.2, -0.15) is 4.98 Å². The van der Waals surface area contributed by atoms with Gasteiger partial charge < -0.3 is 36.0 Å². The molecule has 7 N–H and O–H groups in total. The van der Waals surface area contributed by atoms with Crippen molar-refractivity contribution in [3.63, 3.8) is 0 Å². The number of benzene rings is 2. The Hall–Kier alpha value is -4.10. The van der Waals surface area contributed by atoms with Gasteiger partial charge in [0.05, 0.1) is 11.1 Å². The maximum atomic E-state index is 12.5. The summed E-state index contributed by atoms with van der Waals surface area (Å²) in [5.41, 5.74) is 0.798. The van der Waals surface area contributed by atoms with Crippen LogP contribution in [0.1, 0.15) is 44.2 Å². The van der Waals surface area contributed by atoms with Gasteiger partial charge in [-0.3, -0.25) is 4.57 Å². The van der Waals surface area contributed by atoms with Crippen LogP contribution in [0.4, 0.5) is 5.82 Å². The first kappa shape index (κ1) is 24.0. The van der Waals surface area contributed by atoms with Crippen molar-refractivity contribution in [2.24, 2.45) is 0 Å². The van der Waals surface area contributed by atoms with Crippen molar-refractivity contribution >= 4 is 17.8 Å². The Balaban J connectivity index is 1.93. The number of nitrogens with two attached hydrogens (primary N) is 1. The quantitative estimate of drug-likeness (QED) is 0.277. The van der Waals surface area contributed by atoms with Crippen LogP contribution in [0.25, 0.3) is 0 Å². The minimum atomic E-state index is -2.61. The molecule has 3 aromatic rings. The van der Waals surface area contributed by atoms with Crippen LogP contribution in [0.3, 0.4) is 0 Å². The Kier molecular flexibility index (Phi) is 6.13. The van der Waals surface area contributed by atoms with Crippen LogP contribution >= 0.6 is 0 Å². The number of nitrogens with zero attached hydrogens (tertiary/aromatic N) is 2. The molecule has 2 heterocycles. The smallest absolute Gasteiger partial charge is 0.351 e. The molecule has 182 valence electrons. The lowest BCUT2D eigenvalue weighted by Gasteiger charge is -2.35. The van der Waals surface area contributed by atoms with Gasteiger partial charge in [-0.1, -0.05) is 36.4 Å². The zero-order valence-electron chi connectivity index (χ0n) is 17.9. The Morgan fingerprint density at radius 1 is 1.03 bits per heavy atom. The van der Waals surface area contributed by atoms with E-state index in [-0.39, 0.29) is 22.5 Å². The van der Waals surface area contributed by atoms with Crippen LogP contribution in [0.15, 0.2) is 65.6 Å². The van der Waals surface area contributed by atoms with E-state index in [9.17, 15) is 39.9 Å². The molecule has 1 aromatic heterocycles. The van der Waals surface area contributed by atoms with Crippen molar-refractivity contribution in [2.45, 2.75) is 30.1 Å². The fourth-order valence-electron chi connectivity index (χ4n) is 4.31. The Bertz CT molecular complexity index is 1360. The topological polar surface area (TPSA) is 205 Å². The maximum absolute atomic E-state index is 12.5. The number of carboxylic acid groups (broad SMARTS) is 2. The van der Waals surface area contributed by atoms with Crippen LogP contribution in [-0.2, 0) is 10.3 Å². The molecule has 1 aliphatic heterocycles. The van der Waals surface area contributed by atoms with Crippen molar-refractivity contribution in [3.8, 4) is 0 Å².